The summed E-state index contributed by atoms with van der Waals surface area (Å²) in [4.78, 5) is 20.4. The van der Waals surface area contributed by atoms with Crippen molar-refractivity contribution in [2.24, 2.45) is 0 Å². The second kappa shape index (κ2) is 8.90. The van der Waals surface area contributed by atoms with E-state index in [4.69, 9.17) is 23.2 Å². The summed E-state index contributed by atoms with van der Waals surface area (Å²) in [7, 11) is 0. The first-order valence-electron chi connectivity index (χ1n) is 9.79. The largest absolute Gasteiger partial charge is 0.353 e. The van der Waals surface area contributed by atoms with Crippen LogP contribution in [0.5, 0.6) is 0 Å². The van der Waals surface area contributed by atoms with Gasteiger partial charge in [-0.3, -0.25) is 9.78 Å². The fourth-order valence-electron chi connectivity index (χ4n) is 3.61. The van der Waals surface area contributed by atoms with Crippen molar-refractivity contribution in [3.8, 4) is 11.4 Å². The van der Waals surface area contributed by atoms with Gasteiger partial charge in [0.05, 0.1) is 11.4 Å². The molecular formula is C24H21Cl2N3O. The smallest absolute Gasteiger partial charge is 0.224 e. The van der Waals surface area contributed by atoms with Gasteiger partial charge in [-0.25, -0.2) is 0 Å². The predicted molar refractivity (Wildman–Crippen MR) is 124 cm³/mol. The van der Waals surface area contributed by atoms with E-state index in [1.165, 1.54) is 0 Å². The summed E-state index contributed by atoms with van der Waals surface area (Å²) in [5, 5.41) is 5.38. The van der Waals surface area contributed by atoms with Crippen LogP contribution in [0, 0.1) is 6.92 Å². The van der Waals surface area contributed by atoms with Gasteiger partial charge in [0.25, 0.3) is 0 Å². The first-order valence-corrected chi connectivity index (χ1v) is 10.5. The van der Waals surface area contributed by atoms with E-state index in [1.54, 1.807) is 12.3 Å². The van der Waals surface area contributed by atoms with Crippen LogP contribution in [0.3, 0.4) is 0 Å². The molecule has 0 aliphatic rings. The van der Waals surface area contributed by atoms with Gasteiger partial charge >= 0.3 is 0 Å². The number of pyridine rings is 1. The van der Waals surface area contributed by atoms with Crippen LogP contribution in [0.1, 0.15) is 24.0 Å². The standard InChI is InChI=1S/C24H21Cl2N3O/c1-15-13-16(25)8-10-20(15)28-23(30)7-4-5-18-19-14-17(26)9-11-21(19)29-24(18)22-6-2-3-12-27-22/h2-3,6,8-14,29H,4-5,7H2,1H3,(H,28,30). The Bertz CT molecular complexity index is 1200. The molecule has 4 rings (SSSR count). The van der Waals surface area contributed by atoms with Crippen LogP contribution >= 0.6 is 23.2 Å². The maximum absolute atomic E-state index is 12.5. The number of H-pyrrole nitrogens is 1. The van der Waals surface area contributed by atoms with Gasteiger partial charge in [0.2, 0.25) is 5.91 Å². The van der Waals surface area contributed by atoms with Crippen LogP contribution in [0.4, 0.5) is 5.69 Å². The number of aryl methyl sites for hydroxylation is 2. The molecule has 1 amide bonds. The number of aromatic amines is 1. The minimum Gasteiger partial charge on any atom is -0.353 e. The van der Waals surface area contributed by atoms with E-state index in [9.17, 15) is 4.79 Å². The summed E-state index contributed by atoms with van der Waals surface area (Å²) < 4.78 is 0. The molecule has 0 spiro atoms. The summed E-state index contributed by atoms with van der Waals surface area (Å²) in [5.41, 5.74) is 5.72. The fraction of sp³-hybridized carbons (Fsp3) is 0.167. The molecule has 4 nitrogen and oxygen atoms in total. The Morgan fingerprint density at radius 3 is 2.63 bits per heavy atom. The van der Waals surface area contributed by atoms with E-state index in [0.717, 1.165) is 45.5 Å². The molecule has 4 aromatic rings. The van der Waals surface area contributed by atoms with Crippen molar-refractivity contribution < 1.29 is 4.79 Å². The molecule has 6 heteroatoms. The average molecular weight is 438 g/mol. The number of aromatic nitrogens is 2. The van der Waals surface area contributed by atoms with Gasteiger partial charge in [-0.15, -0.1) is 0 Å². The van der Waals surface area contributed by atoms with Crippen LogP contribution in [0.15, 0.2) is 60.8 Å². The molecule has 0 saturated carbocycles. The molecule has 0 radical (unpaired) electrons. The predicted octanol–water partition coefficient (Wildman–Crippen LogP) is 6.81. The third-order valence-corrected chi connectivity index (χ3v) is 5.55. The number of nitrogens with one attached hydrogen (secondary N) is 2. The van der Waals surface area contributed by atoms with Crippen molar-refractivity contribution in [2.45, 2.75) is 26.2 Å². The lowest BCUT2D eigenvalue weighted by atomic mass is 10.0. The average Bonchev–Trinajstić information content (AvgIpc) is 3.08. The first kappa shape index (κ1) is 20.5. The van der Waals surface area contributed by atoms with E-state index in [2.05, 4.69) is 15.3 Å². The van der Waals surface area contributed by atoms with Gasteiger partial charge in [0.15, 0.2) is 0 Å². The van der Waals surface area contributed by atoms with Gasteiger partial charge < -0.3 is 10.3 Å². The molecule has 2 N–H and O–H groups in total. The molecule has 0 atom stereocenters. The normalized spacial score (nSPS) is 11.0. The molecule has 0 bridgehead atoms. The zero-order valence-electron chi connectivity index (χ0n) is 16.5. The number of anilines is 1. The molecule has 0 unspecified atom stereocenters. The molecular weight excluding hydrogens is 417 g/mol. The highest BCUT2D eigenvalue weighted by molar-refractivity contribution is 6.31. The SMILES string of the molecule is Cc1cc(Cl)ccc1NC(=O)CCCc1c(-c2ccccn2)[nH]c2ccc(Cl)cc12. The Hall–Kier alpha value is -2.82. The minimum absolute atomic E-state index is 0.0160. The summed E-state index contributed by atoms with van der Waals surface area (Å²) in [6.45, 7) is 1.93. The monoisotopic (exact) mass is 437 g/mol. The van der Waals surface area contributed by atoms with Gasteiger partial charge in [0, 0.05) is 39.3 Å². The number of fused-ring (bicyclic) bond motifs is 1. The number of rotatable bonds is 6. The number of hydrogen-bond acceptors (Lipinski definition) is 2. The number of hydrogen-bond donors (Lipinski definition) is 2. The fourth-order valence-corrected chi connectivity index (χ4v) is 4.01. The van der Waals surface area contributed by atoms with E-state index < -0.39 is 0 Å². The highest BCUT2D eigenvalue weighted by atomic mass is 35.5. The lowest BCUT2D eigenvalue weighted by Crippen LogP contribution is -2.12. The lowest BCUT2D eigenvalue weighted by Gasteiger charge is -2.09. The van der Waals surface area contributed by atoms with E-state index in [1.807, 2.05) is 55.5 Å². The number of carbonyl (C=O) groups excluding carboxylic acids is 1. The van der Waals surface area contributed by atoms with E-state index in [-0.39, 0.29) is 5.91 Å². The molecule has 2 aromatic carbocycles. The third kappa shape index (κ3) is 4.50. The number of halogens is 2. The quantitative estimate of drug-likeness (QED) is 0.348. The topological polar surface area (TPSA) is 57.8 Å². The highest BCUT2D eigenvalue weighted by Gasteiger charge is 2.15. The van der Waals surface area contributed by atoms with Crippen LogP contribution in [0.25, 0.3) is 22.3 Å². The van der Waals surface area contributed by atoms with Gasteiger partial charge in [0.1, 0.15) is 0 Å². The Balaban J connectivity index is 1.52. The van der Waals surface area contributed by atoms with Crippen LogP contribution in [-0.2, 0) is 11.2 Å². The molecule has 152 valence electrons. The maximum atomic E-state index is 12.5. The third-order valence-electron chi connectivity index (χ3n) is 5.08. The van der Waals surface area contributed by atoms with Gasteiger partial charge in [-0.2, -0.15) is 0 Å². The van der Waals surface area contributed by atoms with Crippen molar-refractivity contribution in [3.05, 3.63) is 82.0 Å². The van der Waals surface area contributed by atoms with E-state index >= 15 is 0 Å². The Labute approximate surface area is 185 Å². The molecule has 0 aliphatic heterocycles. The van der Waals surface area contributed by atoms with Crippen molar-refractivity contribution in [1.29, 1.82) is 0 Å². The highest BCUT2D eigenvalue weighted by Crippen LogP contribution is 2.32. The van der Waals surface area contributed by atoms with Crippen molar-refractivity contribution >= 4 is 45.7 Å². The lowest BCUT2D eigenvalue weighted by molar-refractivity contribution is -0.116. The van der Waals surface area contributed by atoms with Crippen LogP contribution in [0.2, 0.25) is 10.0 Å². The van der Waals surface area contributed by atoms with Crippen molar-refractivity contribution in [2.75, 3.05) is 5.32 Å². The summed E-state index contributed by atoms with van der Waals surface area (Å²) in [6.07, 6.45) is 3.63. The Morgan fingerprint density at radius 2 is 1.87 bits per heavy atom. The van der Waals surface area contributed by atoms with Gasteiger partial charge in [-0.05, 0) is 79.4 Å². The summed E-state index contributed by atoms with van der Waals surface area (Å²) in [5.74, 6) is -0.0160. The first-order chi connectivity index (χ1) is 14.5. The molecule has 0 saturated heterocycles. The van der Waals surface area contributed by atoms with Crippen molar-refractivity contribution in [3.63, 3.8) is 0 Å². The molecule has 2 aromatic heterocycles. The van der Waals surface area contributed by atoms with Crippen LogP contribution < -0.4 is 5.32 Å². The van der Waals surface area contributed by atoms with E-state index in [0.29, 0.717) is 22.9 Å². The number of nitrogens with zero attached hydrogens (tertiary/aromatic N) is 1. The summed E-state index contributed by atoms with van der Waals surface area (Å²) >= 11 is 12.2. The zero-order chi connectivity index (χ0) is 21.1. The second-order valence-electron chi connectivity index (χ2n) is 7.24. The molecule has 30 heavy (non-hydrogen) atoms. The van der Waals surface area contributed by atoms with Crippen molar-refractivity contribution in [1.82, 2.24) is 9.97 Å². The number of amides is 1. The maximum Gasteiger partial charge on any atom is 0.224 e. The second-order valence-corrected chi connectivity index (χ2v) is 8.12. The Morgan fingerprint density at radius 1 is 1.07 bits per heavy atom. The van der Waals surface area contributed by atoms with Gasteiger partial charge in [-0.1, -0.05) is 29.3 Å². The minimum atomic E-state index is -0.0160. The molecule has 0 fully saturated rings. The van der Waals surface area contributed by atoms with Crippen LogP contribution in [-0.4, -0.2) is 15.9 Å². The number of carbonyl (C=O) groups is 1. The molecule has 0 aliphatic carbocycles. The zero-order valence-corrected chi connectivity index (χ0v) is 18.0. The Kier molecular flexibility index (Phi) is 6.07. The summed E-state index contributed by atoms with van der Waals surface area (Å²) in [6, 6.07) is 17.1. The molecule has 2 heterocycles. The number of benzene rings is 2.